The summed E-state index contributed by atoms with van der Waals surface area (Å²) in [4.78, 5) is 14.2. The molecule has 0 atom stereocenters. The Labute approximate surface area is 111 Å². The van der Waals surface area contributed by atoms with Gasteiger partial charge in [0.15, 0.2) is 0 Å². The average Bonchev–Trinajstić information content (AvgIpc) is 3.07. The van der Waals surface area contributed by atoms with Crippen LogP contribution in [0.25, 0.3) is 0 Å². The summed E-state index contributed by atoms with van der Waals surface area (Å²) in [6.45, 7) is 4.33. The third-order valence-electron chi connectivity index (χ3n) is 2.50. The van der Waals surface area contributed by atoms with Gasteiger partial charge in [-0.1, -0.05) is 0 Å². The van der Waals surface area contributed by atoms with E-state index in [1.54, 1.807) is 0 Å². The van der Waals surface area contributed by atoms with Crippen molar-refractivity contribution in [1.29, 1.82) is 0 Å². The van der Waals surface area contributed by atoms with E-state index in [4.69, 9.17) is 21.4 Å². The number of ether oxygens (including phenoxy) is 1. The molecule has 1 aliphatic rings. The molecule has 0 aliphatic heterocycles. The highest BCUT2D eigenvalue weighted by Crippen LogP contribution is 2.30. The van der Waals surface area contributed by atoms with Crippen LogP contribution in [-0.4, -0.2) is 45.4 Å². The van der Waals surface area contributed by atoms with Gasteiger partial charge in [0.05, 0.1) is 12.7 Å². The van der Waals surface area contributed by atoms with Crippen molar-refractivity contribution >= 4 is 17.5 Å². The van der Waals surface area contributed by atoms with Crippen molar-refractivity contribution in [2.24, 2.45) is 0 Å². The Hall–Kier alpha value is -1.14. The number of aliphatic hydroxyl groups excluding tert-OH is 1. The summed E-state index contributed by atoms with van der Waals surface area (Å²) in [5.41, 5.74) is 0. The lowest BCUT2D eigenvalue weighted by molar-refractivity contribution is 0.221. The van der Waals surface area contributed by atoms with Gasteiger partial charge in [-0.05, 0) is 38.3 Å². The van der Waals surface area contributed by atoms with Crippen LogP contribution in [0.4, 0.5) is 5.95 Å². The number of hydrogen-bond acceptors (Lipinski definition) is 6. The summed E-state index contributed by atoms with van der Waals surface area (Å²) < 4.78 is 5.43. The van der Waals surface area contributed by atoms with Crippen molar-refractivity contribution in [3.05, 3.63) is 5.28 Å². The molecule has 0 amide bonds. The molecule has 7 heteroatoms. The fraction of sp³-hybridized carbons (Fsp3) is 0.727. The molecule has 1 aliphatic carbocycles. The summed E-state index contributed by atoms with van der Waals surface area (Å²) in [6, 6.07) is 0.617. The van der Waals surface area contributed by atoms with E-state index in [-0.39, 0.29) is 24.0 Å². The van der Waals surface area contributed by atoms with E-state index in [1.165, 1.54) is 0 Å². The van der Waals surface area contributed by atoms with Crippen molar-refractivity contribution in [3.8, 4) is 6.01 Å². The number of aliphatic hydroxyl groups is 1. The van der Waals surface area contributed by atoms with Crippen LogP contribution in [0, 0.1) is 0 Å². The maximum atomic E-state index is 9.08. The van der Waals surface area contributed by atoms with Gasteiger partial charge in [0.2, 0.25) is 11.2 Å². The van der Waals surface area contributed by atoms with E-state index in [0.717, 1.165) is 12.8 Å². The fourth-order valence-corrected chi connectivity index (χ4v) is 1.80. The molecule has 0 radical (unpaired) electrons. The summed E-state index contributed by atoms with van der Waals surface area (Å²) >= 11 is 5.87. The molecule has 0 saturated heterocycles. The highest BCUT2D eigenvalue weighted by atomic mass is 35.5. The predicted molar refractivity (Wildman–Crippen MR) is 68.1 cm³/mol. The number of nitrogens with zero attached hydrogens (tertiary/aromatic N) is 4. The SMILES string of the molecule is CC(C)Oc1nc(Cl)nc(N(CCO)C2CC2)n1. The molecular formula is C11H17ClN4O2. The second-order valence-corrected chi connectivity index (χ2v) is 4.84. The number of anilines is 1. The van der Waals surface area contributed by atoms with Crippen LogP contribution in [0.2, 0.25) is 5.28 Å². The van der Waals surface area contributed by atoms with Crippen molar-refractivity contribution in [2.45, 2.75) is 38.8 Å². The minimum absolute atomic E-state index is 0.0245. The molecule has 1 aromatic rings. The van der Waals surface area contributed by atoms with Crippen LogP contribution in [0.5, 0.6) is 6.01 Å². The second-order valence-electron chi connectivity index (χ2n) is 4.50. The minimum Gasteiger partial charge on any atom is -0.461 e. The van der Waals surface area contributed by atoms with Crippen LogP contribution >= 0.6 is 11.6 Å². The Bertz CT molecular complexity index is 412. The number of hydrogen-bond donors (Lipinski definition) is 1. The van der Waals surface area contributed by atoms with E-state index >= 15 is 0 Å². The molecule has 2 rings (SSSR count). The molecule has 18 heavy (non-hydrogen) atoms. The van der Waals surface area contributed by atoms with Crippen molar-refractivity contribution in [2.75, 3.05) is 18.1 Å². The van der Waals surface area contributed by atoms with Crippen molar-refractivity contribution in [3.63, 3.8) is 0 Å². The lowest BCUT2D eigenvalue weighted by Gasteiger charge is -2.21. The predicted octanol–water partition coefficient (Wildman–Crippen LogP) is 1.27. The van der Waals surface area contributed by atoms with Crippen molar-refractivity contribution < 1.29 is 9.84 Å². The van der Waals surface area contributed by atoms with Crippen LogP contribution in [0.1, 0.15) is 26.7 Å². The monoisotopic (exact) mass is 272 g/mol. The minimum atomic E-state index is -0.0245. The third kappa shape index (κ3) is 3.43. The Morgan fingerprint density at radius 3 is 2.67 bits per heavy atom. The molecule has 0 aromatic carbocycles. The van der Waals surface area contributed by atoms with Crippen molar-refractivity contribution in [1.82, 2.24) is 15.0 Å². The quantitative estimate of drug-likeness (QED) is 0.841. The molecule has 100 valence electrons. The molecular weight excluding hydrogens is 256 g/mol. The number of rotatable bonds is 6. The van der Waals surface area contributed by atoms with E-state index in [0.29, 0.717) is 18.5 Å². The zero-order valence-electron chi connectivity index (χ0n) is 10.5. The first-order valence-electron chi connectivity index (χ1n) is 6.06. The smallest absolute Gasteiger partial charge is 0.322 e. The van der Waals surface area contributed by atoms with Gasteiger partial charge >= 0.3 is 6.01 Å². The standard InChI is InChI=1S/C11H17ClN4O2/c1-7(2)18-11-14-9(12)13-10(15-11)16(5-6-17)8-3-4-8/h7-8,17H,3-6H2,1-2H3. The van der Waals surface area contributed by atoms with Crippen LogP contribution in [0.3, 0.4) is 0 Å². The zero-order valence-corrected chi connectivity index (χ0v) is 11.3. The van der Waals surface area contributed by atoms with E-state index < -0.39 is 0 Å². The van der Waals surface area contributed by atoms with Gasteiger partial charge in [0, 0.05) is 12.6 Å². The summed E-state index contributed by atoms with van der Waals surface area (Å²) in [7, 11) is 0. The summed E-state index contributed by atoms with van der Waals surface area (Å²) in [5.74, 6) is 0.474. The van der Waals surface area contributed by atoms with Gasteiger partial charge in [0.25, 0.3) is 0 Å². The molecule has 1 heterocycles. The first-order valence-corrected chi connectivity index (χ1v) is 6.43. The van der Waals surface area contributed by atoms with E-state index in [9.17, 15) is 0 Å². The van der Waals surface area contributed by atoms with Gasteiger partial charge < -0.3 is 14.7 Å². The molecule has 0 unspecified atom stereocenters. The highest BCUT2D eigenvalue weighted by molar-refractivity contribution is 6.28. The van der Waals surface area contributed by atoms with E-state index in [2.05, 4.69) is 15.0 Å². The maximum Gasteiger partial charge on any atom is 0.322 e. The highest BCUT2D eigenvalue weighted by Gasteiger charge is 2.31. The third-order valence-corrected chi connectivity index (χ3v) is 2.67. The molecule has 0 bridgehead atoms. The summed E-state index contributed by atoms with van der Waals surface area (Å²) in [5, 5.41) is 9.19. The van der Waals surface area contributed by atoms with E-state index in [1.807, 2.05) is 18.7 Å². The molecule has 0 spiro atoms. The normalized spacial score (nSPS) is 14.9. The Morgan fingerprint density at radius 2 is 2.11 bits per heavy atom. The Balaban J connectivity index is 2.22. The topological polar surface area (TPSA) is 71.4 Å². The first-order chi connectivity index (χ1) is 8.60. The molecule has 1 saturated carbocycles. The second kappa shape index (κ2) is 5.67. The lowest BCUT2D eigenvalue weighted by Crippen LogP contribution is -2.31. The van der Waals surface area contributed by atoms with Crippen LogP contribution in [0.15, 0.2) is 0 Å². The van der Waals surface area contributed by atoms with Gasteiger partial charge in [-0.25, -0.2) is 0 Å². The van der Waals surface area contributed by atoms with Gasteiger partial charge in [-0.2, -0.15) is 15.0 Å². The molecule has 6 nitrogen and oxygen atoms in total. The fourth-order valence-electron chi connectivity index (χ4n) is 1.65. The van der Waals surface area contributed by atoms with Crippen LogP contribution in [-0.2, 0) is 0 Å². The lowest BCUT2D eigenvalue weighted by atomic mass is 10.5. The zero-order chi connectivity index (χ0) is 13.1. The molecule has 1 N–H and O–H groups in total. The number of halogens is 1. The summed E-state index contributed by atoms with van der Waals surface area (Å²) in [6.07, 6.45) is 2.15. The Morgan fingerprint density at radius 1 is 1.39 bits per heavy atom. The maximum absolute atomic E-state index is 9.08. The largest absolute Gasteiger partial charge is 0.461 e. The van der Waals surface area contributed by atoms with Gasteiger partial charge in [-0.15, -0.1) is 0 Å². The van der Waals surface area contributed by atoms with Gasteiger partial charge in [0.1, 0.15) is 0 Å². The van der Waals surface area contributed by atoms with Crippen LogP contribution < -0.4 is 9.64 Å². The average molecular weight is 273 g/mol. The Kier molecular flexibility index (Phi) is 4.19. The molecule has 1 fully saturated rings. The van der Waals surface area contributed by atoms with Gasteiger partial charge in [-0.3, -0.25) is 0 Å². The first kappa shape index (κ1) is 13.3. The number of aromatic nitrogens is 3. The molecule has 1 aromatic heterocycles.